The maximum atomic E-state index is 11.5. The van der Waals surface area contributed by atoms with Crippen molar-refractivity contribution in [3.05, 3.63) is 35.4 Å². The Balaban J connectivity index is 0.00000256. The van der Waals surface area contributed by atoms with Crippen molar-refractivity contribution in [1.82, 2.24) is 5.32 Å². The lowest BCUT2D eigenvalue weighted by Gasteiger charge is -2.12. The van der Waals surface area contributed by atoms with Gasteiger partial charge in [0, 0.05) is 6.54 Å². The third-order valence-corrected chi connectivity index (χ3v) is 2.73. The molecule has 96 valence electrons. The average Bonchev–Trinajstić information content (AvgIpc) is 2.35. The quantitative estimate of drug-likeness (QED) is 0.847. The molecule has 0 radical (unpaired) electrons. The Labute approximate surface area is 109 Å². The van der Waals surface area contributed by atoms with Gasteiger partial charge in [0.1, 0.15) is 0 Å². The van der Waals surface area contributed by atoms with Gasteiger partial charge in [-0.25, -0.2) is 0 Å². The van der Waals surface area contributed by atoms with Crippen molar-refractivity contribution in [1.29, 1.82) is 0 Å². The molecule has 1 amide bonds. The summed E-state index contributed by atoms with van der Waals surface area (Å²) >= 11 is 0. The minimum absolute atomic E-state index is 0. The van der Waals surface area contributed by atoms with E-state index in [2.05, 4.69) is 18.3 Å². The number of carbonyl (C=O) groups excluding carboxylic acids is 1. The average molecular weight is 257 g/mol. The van der Waals surface area contributed by atoms with Crippen molar-refractivity contribution in [2.45, 2.75) is 39.3 Å². The highest BCUT2D eigenvalue weighted by atomic mass is 35.5. The number of hydrogen-bond donors (Lipinski definition) is 2. The minimum Gasteiger partial charge on any atom is -0.351 e. The Kier molecular flexibility index (Phi) is 7.59. The van der Waals surface area contributed by atoms with Crippen LogP contribution in [0.5, 0.6) is 0 Å². The number of amides is 1. The van der Waals surface area contributed by atoms with Gasteiger partial charge in [-0.05, 0) is 24.0 Å². The van der Waals surface area contributed by atoms with Crippen LogP contribution in [0.15, 0.2) is 24.3 Å². The van der Waals surface area contributed by atoms with E-state index < -0.39 is 6.04 Å². The van der Waals surface area contributed by atoms with Gasteiger partial charge in [-0.2, -0.15) is 0 Å². The van der Waals surface area contributed by atoms with Crippen LogP contribution >= 0.6 is 12.4 Å². The number of aryl methyl sites for hydroxylation is 1. The summed E-state index contributed by atoms with van der Waals surface area (Å²) < 4.78 is 0. The SMILES string of the molecule is CCc1ccccc1CNC(=O)[C@@H](N)CC.Cl. The first-order chi connectivity index (χ1) is 7.69. The van der Waals surface area contributed by atoms with Crippen LogP contribution in [-0.4, -0.2) is 11.9 Å². The Hall–Kier alpha value is -1.06. The van der Waals surface area contributed by atoms with Crippen molar-refractivity contribution in [2.75, 3.05) is 0 Å². The van der Waals surface area contributed by atoms with Gasteiger partial charge in [0.05, 0.1) is 6.04 Å². The molecule has 0 aromatic heterocycles. The van der Waals surface area contributed by atoms with Gasteiger partial charge in [-0.3, -0.25) is 4.79 Å². The summed E-state index contributed by atoms with van der Waals surface area (Å²) in [7, 11) is 0. The molecule has 0 aliphatic heterocycles. The highest BCUT2D eigenvalue weighted by Gasteiger charge is 2.10. The molecule has 1 aromatic rings. The second-order valence-corrected chi connectivity index (χ2v) is 3.85. The maximum absolute atomic E-state index is 11.5. The second-order valence-electron chi connectivity index (χ2n) is 3.85. The highest BCUT2D eigenvalue weighted by molar-refractivity contribution is 5.85. The van der Waals surface area contributed by atoms with Gasteiger partial charge in [0.15, 0.2) is 0 Å². The molecule has 0 aliphatic rings. The molecule has 3 N–H and O–H groups in total. The number of halogens is 1. The standard InChI is InChI=1S/C13H20N2O.ClH/c1-3-10-7-5-6-8-11(10)9-15-13(16)12(14)4-2;/h5-8,12H,3-4,9,14H2,1-2H3,(H,15,16);1H/t12-;/m0./s1. The number of nitrogens with two attached hydrogens (primary N) is 1. The Morgan fingerprint density at radius 3 is 2.41 bits per heavy atom. The van der Waals surface area contributed by atoms with Gasteiger partial charge in [0.25, 0.3) is 0 Å². The monoisotopic (exact) mass is 256 g/mol. The highest BCUT2D eigenvalue weighted by Crippen LogP contribution is 2.08. The predicted octanol–water partition coefficient (Wildman–Crippen LogP) is 2.02. The lowest BCUT2D eigenvalue weighted by Crippen LogP contribution is -2.39. The number of rotatable bonds is 5. The van der Waals surface area contributed by atoms with Gasteiger partial charge in [0.2, 0.25) is 5.91 Å². The summed E-state index contributed by atoms with van der Waals surface area (Å²) in [5.74, 6) is -0.0755. The Morgan fingerprint density at radius 1 is 1.29 bits per heavy atom. The summed E-state index contributed by atoms with van der Waals surface area (Å²) in [5.41, 5.74) is 8.08. The molecule has 0 spiro atoms. The van der Waals surface area contributed by atoms with E-state index in [0.29, 0.717) is 13.0 Å². The Bertz CT molecular complexity index is 355. The van der Waals surface area contributed by atoms with E-state index in [0.717, 1.165) is 6.42 Å². The van der Waals surface area contributed by atoms with E-state index in [1.165, 1.54) is 11.1 Å². The van der Waals surface area contributed by atoms with E-state index in [9.17, 15) is 4.79 Å². The molecule has 0 saturated carbocycles. The predicted molar refractivity (Wildman–Crippen MR) is 73.2 cm³/mol. The zero-order valence-corrected chi connectivity index (χ0v) is 11.2. The Morgan fingerprint density at radius 2 is 1.88 bits per heavy atom. The van der Waals surface area contributed by atoms with Crippen LogP contribution in [0.3, 0.4) is 0 Å². The molecule has 0 unspecified atom stereocenters. The minimum atomic E-state index is -0.395. The van der Waals surface area contributed by atoms with Crippen molar-refractivity contribution in [2.24, 2.45) is 5.73 Å². The topological polar surface area (TPSA) is 55.1 Å². The van der Waals surface area contributed by atoms with Crippen molar-refractivity contribution >= 4 is 18.3 Å². The molecule has 4 heteroatoms. The van der Waals surface area contributed by atoms with Crippen molar-refractivity contribution in [3.63, 3.8) is 0 Å². The molecule has 0 heterocycles. The molecular formula is C13H21ClN2O. The van der Waals surface area contributed by atoms with E-state index in [-0.39, 0.29) is 18.3 Å². The number of carbonyl (C=O) groups is 1. The fourth-order valence-electron chi connectivity index (χ4n) is 1.57. The molecule has 0 fully saturated rings. The third-order valence-electron chi connectivity index (χ3n) is 2.73. The van der Waals surface area contributed by atoms with Crippen LogP contribution in [0, 0.1) is 0 Å². The summed E-state index contributed by atoms with van der Waals surface area (Å²) in [4.78, 5) is 11.5. The number of benzene rings is 1. The fourth-order valence-corrected chi connectivity index (χ4v) is 1.57. The first kappa shape index (κ1) is 15.9. The van der Waals surface area contributed by atoms with Gasteiger partial charge in [-0.15, -0.1) is 12.4 Å². The van der Waals surface area contributed by atoms with Gasteiger partial charge < -0.3 is 11.1 Å². The molecular weight excluding hydrogens is 236 g/mol. The normalized spacial score (nSPS) is 11.5. The molecule has 1 rings (SSSR count). The molecule has 0 saturated heterocycles. The van der Waals surface area contributed by atoms with Gasteiger partial charge in [-0.1, -0.05) is 38.1 Å². The molecule has 17 heavy (non-hydrogen) atoms. The summed E-state index contributed by atoms with van der Waals surface area (Å²) in [6.07, 6.45) is 1.65. The fraction of sp³-hybridized carbons (Fsp3) is 0.462. The lowest BCUT2D eigenvalue weighted by molar-refractivity contribution is -0.122. The molecule has 1 aromatic carbocycles. The molecule has 0 aliphatic carbocycles. The van der Waals surface area contributed by atoms with E-state index in [4.69, 9.17) is 5.73 Å². The van der Waals surface area contributed by atoms with E-state index >= 15 is 0 Å². The van der Waals surface area contributed by atoms with E-state index in [1.807, 2.05) is 25.1 Å². The van der Waals surface area contributed by atoms with Gasteiger partial charge >= 0.3 is 0 Å². The van der Waals surface area contributed by atoms with E-state index in [1.54, 1.807) is 0 Å². The van der Waals surface area contributed by atoms with Crippen LogP contribution in [0.1, 0.15) is 31.4 Å². The van der Waals surface area contributed by atoms with Crippen molar-refractivity contribution < 1.29 is 4.79 Å². The van der Waals surface area contributed by atoms with Crippen LogP contribution < -0.4 is 11.1 Å². The lowest BCUT2D eigenvalue weighted by atomic mass is 10.1. The van der Waals surface area contributed by atoms with Crippen LogP contribution in [0.25, 0.3) is 0 Å². The smallest absolute Gasteiger partial charge is 0.237 e. The number of nitrogens with one attached hydrogen (secondary N) is 1. The zero-order chi connectivity index (χ0) is 12.0. The van der Waals surface area contributed by atoms with Crippen LogP contribution in [-0.2, 0) is 17.8 Å². The molecule has 3 nitrogen and oxygen atoms in total. The maximum Gasteiger partial charge on any atom is 0.237 e. The van der Waals surface area contributed by atoms with Crippen molar-refractivity contribution in [3.8, 4) is 0 Å². The second kappa shape index (κ2) is 8.09. The first-order valence-corrected chi connectivity index (χ1v) is 5.79. The summed E-state index contributed by atoms with van der Waals surface area (Å²) in [6, 6.07) is 7.73. The molecule has 1 atom stereocenters. The third kappa shape index (κ3) is 4.75. The zero-order valence-electron chi connectivity index (χ0n) is 10.4. The number of hydrogen-bond acceptors (Lipinski definition) is 2. The van der Waals surface area contributed by atoms with Crippen LogP contribution in [0.4, 0.5) is 0 Å². The summed E-state index contributed by atoms with van der Waals surface area (Å²) in [6.45, 7) is 4.58. The summed E-state index contributed by atoms with van der Waals surface area (Å²) in [5, 5.41) is 2.86. The largest absolute Gasteiger partial charge is 0.351 e. The van der Waals surface area contributed by atoms with Crippen LogP contribution in [0.2, 0.25) is 0 Å². The first-order valence-electron chi connectivity index (χ1n) is 5.79. The molecule has 0 bridgehead atoms.